The number of aryl methyl sites for hydroxylation is 2. The maximum atomic E-state index is 12.1. The molecule has 400 valence electrons. The summed E-state index contributed by atoms with van der Waals surface area (Å²) in [5.74, 6) is -4.69. The Bertz CT molecular complexity index is 2690. The first-order valence-corrected chi connectivity index (χ1v) is 26.6. The molecule has 2 aliphatic rings. The quantitative estimate of drug-likeness (QED) is 0.0799. The van der Waals surface area contributed by atoms with E-state index in [0.29, 0.717) is 38.8 Å². The number of thioether (sulfide) groups is 2. The molecule has 2 aliphatic heterocycles. The van der Waals surface area contributed by atoms with Crippen LogP contribution in [0.25, 0.3) is 0 Å². The molecule has 4 amide bonds. The lowest BCUT2D eigenvalue weighted by atomic mass is 10.2. The number of carbonyl (C=O) groups is 10. The Kier molecular flexibility index (Phi) is 30.8. The topological polar surface area (TPSA) is 380 Å². The van der Waals surface area contributed by atoms with E-state index in [0.717, 1.165) is 40.2 Å². The molecule has 0 atom stereocenters. The second-order valence-corrected chi connectivity index (χ2v) is 20.7. The summed E-state index contributed by atoms with van der Waals surface area (Å²) >= 11 is 1.69. The van der Waals surface area contributed by atoms with Gasteiger partial charge in [0.2, 0.25) is 23.6 Å². The Labute approximate surface area is 436 Å². The monoisotopic (exact) mass is 1100 g/mol. The highest BCUT2D eigenvalue weighted by atomic mass is 32.2. The number of sulfonamides is 2. The van der Waals surface area contributed by atoms with Crippen LogP contribution in [-0.4, -0.2) is 96.2 Å². The van der Waals surface area contributed by atoms with E-state index < -0.39 is 56.3 Å². The Hall–Kier alpha value is -7.10. The molecule has 2 fully saturated rings. The van der Waals surface area contributed by atoms with Gasteiger partial charge in [-0.1, -0.05) is 96.1 Å². The molecular formula is C48H58N6O16S4. The van der Waals surface area contributed by atoms with Gasteiger partial charge >= 0.3 is 11.9 Å². The van der Waals surface area contributed by atoms with Gasteiger partial charge < -0.3 is 32.3 Å². The number of benzene rings is 4. The lowest BCUT2D eigenvalue weighted by Gasteiger charge is -2.08. The summed E-state index contributed by atoms with van der Waals surface area (Å²) in [5.41, 5.74) is 13.8. The maximum Gasteiger partial charge on any atom is 0.322 e. The number of nitrogens with two attached hydrogens (primary N) is 2. The van der Waals surface area contributed by atoms with Crippen molar-refractivity contribution in [1.82, 2.24) is 20.1 Å². The lowest BCUT2D eigenvalue weighted by Crippen LogP contribution is -2.33. The predicted molar refractivity (Wildman–Crippen MR) is 275 cm³/mol. The molecule has 0 saturated carbocycles. The third-order valence-electron chi connectivity index (χ3n) is 8.86. The lowest BCUT2D eigenvalue weighted by molar-refractivity contribution is -0.138. The van der Waals surface area contributed by atoms with Crippen molar-refractivity contribution in [3.05, 3.63) is 131 Å². The van der Waals surface area contributed by atoms with E-state index in [9.17, 15) is 64.8 Å². The van der Waals surface area contributed by atoms with Crippen molar-refractivity contribution in [3.8, 4) is 0 Å². The van der Waals surface area contributed by atoms with Gasteiger partial charge in [-0.05, 0) is 72.8 Å². The third kappa shape index (κ3) is 30.7. The van der Waals surface area contributed by atoms with Gasteiger partial charge in [-0.3, -0.25) is 47.9 Å². The van der Waals surface area contributed by atoms with Crippen molar-refractivity contribution in [2.75, 3.05) is 13.1 Å². The van der Waals surface area contributed by atoms with E-state index in [1.807, 2.05) is 77.0 Å². The molecule has 0 radical (unpaired) electrons. The summed E-state index contributed by atoms with van der Waals surface area (Å²) in [7, 11) is -7.89. The van der Waals surface area contributed by atoms with Crippen LogP contribution >= 0.6 is 23.5 Å². The standard InChI is InChI=1S/C18H20N2O4S.C13H16N2O6S.C7H9N.2C4H4O2S.C2H5NO2/c1-14-7-9-16(10-8-14)25(23,24)20-18(22)12-11-17(21)19-13-15-5-3-2-4-6-15;1-9-2-4-10(5-3-9)22(20,21)15-12(17)7-6-11(16)14-8-13(18)19;8-6-7-4-2-1-3-5-7;2*5-3-1-2-4(6)7-3;3-1-2(4)5/h2-10H,11-13H2,1H3,(H,19,21)(H,20,22);2-5H,6-8H2,1H3,(H,14,16)(H,15,17)(H,18,19);1-5H,6,8H2;2*1-2H2;1,3H2,(H,4,5). The van der Waals surface area contributed by atoms with Crippen molar-refractivity contribution in [2.24, 2.45) is 11.5 Å². The van der Waals surface area contributed by atoms with E-state index in [1.165, 1.54) is 29.8 Å². The fraction of sp³-hybridized carbons (Fsp3) is 0.292. The van der Waals surface area contributed by atoms with Gasteiger partial charge in [0.1, 0.15) is 6.54 Å². The number of carbonyl (C=O) groups excluding carboxylic acids is 8. The normalized spacial score (nSPS) is 12.4. The minimum absolute atomic E-state index is 0.0139. The molecule has 22 nitrogen and oxygen atoms in total. The van der Waals surface area contributed by atoms with Crippen LogP contribution < -0.4 is 31.5 Å². The molecule has 74 heavy (non-hydrogen) atoms. The number of hydrogen-bond acceptors (Lipinski definition) is 18. The molecule has 0 unspecified atom stereocenters. The molecule has 10 N–H and O–H groups in total. The van der Waals surface area contributed by atoms with Gasteiger partial charge in [0.05, 0.1) is 16.3 Å². The number of aliphatic carboxylic acids is 2. The van der Waals surface area contributed by atoms with Gasteiger partial charge in [0, 0.05) is 64.5 Å². The first kappa shape index (κ1) is 64.9. The average molecular weight is 1100 g/mol. The van der Waals surface area contributed by atoms with Gasteiger partial charge in [-0.25, -0.2) is 26.3 Å². The summed E-state index contributed by atoms with van der Waals surface area (Å²) in [4.78, 5) is 107. The number of amides is 4. The molecule has 0 aromatic heterocycles. The van der Waals surface area contributed by atoms with E-state index in [1.54, 1.807) is 31.2 Å². The van der Waals surface area contributed by atoms with Gasteiger partial charge in [-0.2, -0.15) is 0 Å². The fourth-order valence-corrected chi connectivity index (χ4v) is 8.39. The van der Waals surface area contributed by atoms with E-state index >= 15 is 0 Å². The molecule has 2 saturated heterocycles. The Morgan fingerprint density at radius 3 is 1.09 bits per heavy atom. The molecular weight excluding hydrogens is 1040 g/mol. The van der Waals surface area contributed by atoms with Crippen LogP contribution in [0.2, 0.25) is 0 Å². The molecule has 4 aromatic rings. The fourth-order valence-electron chi connectivity index (χ4n) is 5.04. The van der Waals surface area contributed by atoms with Crippen molar-refractivity contribution in [3.63, 3.8) is 0 Å². The highest BCUT2D eigenvalue weighted by molar-refractivity contribution is 8.26. The maximum absolute atomic E-state index is 12.1. The zero-order valence-corrected chi connectivity index (χ0v) is 43.5. The van der Waals surface area contributed by atoms with Crippen molar-refractivity contribution in [1.29, 1.82) is 0 Å². The molecule has 0 spiro atoms. The second kappa shape index (κ2) is 35.1. The zero-order valence-electron chi connectivity index (χ0n) is 40.3. The summed E-state index contributed by atoms with van der Waals surface area (Å²) in [6.07, 6.45) is 0.840. The summed E-state index contributed by atoms with van der Waals surface area (Å²) in [6.45, 7) is 3.81. The van der Waals surface area contributed by atoms with Crippen LogP contribution in [0.1, 0.15) is 73.6 Å². The summed E-state index contributed by atoms with van der Waals surface area (Å²) in [5, 5.41) is 20.8. The van der Waals surface area contributed by atoms with Crippen LogP contribution in [0.3, 0.4) is 0 Å². The van der Waals surface area contributed by atoms with Crippen LogP contribution in [0, 0.1) is 13.8 Å². The average Bonchev–Trinajstić information content (AvgIpc) is 3.95. The highest BCUT2D eigenvalue weighted by Crippen LogP contribution is 2.20. The first-order valence-electron chi connectivity index (χ1n) is 22.0. The molecule has 4 aromatic carbocycles. The van der Waals surface area contributed by atoms with Crippen molar-refractivity contribution < 1.29 is 75.0 Å². The van der Waals surface area contributed by atoms with Crippen LogP contribution in [-0.2, 0) is 81.1 Å². The number of rotatable bonds is 16. The van der Waals surface area contributed by atoms with E-state index in [-0.39, 0.29) is 68.4 Å². The van der Waals surface area contributed by atoms with Crippen molar-refractivity contribution >= 4 is 99.6 Å². The third-order valence-corrected chi connectivity index (χ3v) is 13.4. The summed E-state index contributed by atoms with van der Waals surface area (Å²) < 4.78 is 51.8. The number of hydrogen-bond donors (Lipinski definition) is 8. The number of nitrogens with one attached hydrogen (secondary N) is 4. The van der Waals surface area contributed by atoms with Gasteiger partial charge in [0.25, 0.3) is 20.0 Å². The number of carboxylic acids is 2. The van der Waals surface area contributed by atoms with Gasteiger partial charge in [0.15, 0.2) is 20.5 Å². The van der Waals surface area contributed by atoms with Crippen LogP contribution in [0.15, 0.2) is 119 Å². The molecule has 26 heteroatoms. The van der Waals surface area contributed by atoms with Gasteiger partial charge in [-0.15, -0.1) is 0 Å². The Balaban J connectivity index is 0.000000496. The second-order valence-electron chi connectivity index (χ2n) is 15.1. The smallest absolute Gasteiger partial charge is 0.322 e. The van der Waals surface area contributed by atoms with Crippen LogP contribution in [0.5, 0.6) is 0 Å². The largest absolute Gasteiger partial charge is 0.480 e. The highest BCUT2D eigenvalue weighted by Gasteiger charge is 2.21. The molecule has 0 aliphatic carbocycles. The Morgan fingerprint density at radius 2 is 0.811 bits per heavy atom. The minimum Gasteiger partial charge on any atom is -0.480 e. The minimum atomic E-state index is -3.98. The van der Waals surface area contributed by atoms with Crippen molar-refractivity contribution in [2.45, 2.75) is 88.1 Å². The predicted octanol–water partition coefficient (Wildman–Crippen LogP) is 2.99. The molecule has 2 heterocycles. The van der Waals surface area contributed by atoms with E-state index in [2.05, 4.69) is 16.4 Å². The number of carboxylic acid groups (broad SMARTS) is 2. The first-order chi connectivity index (χ1) is 34.8. The molecule has 0 bridgehead atoms. The van der Waals surface area contributed by atoms with E-state index in [4.69, 9.17) is 15.9 Å². The zero-order chi connectivity index (χ0) is 55.7. The van der Waals surface area contributed by atoms with Crippen LogP contribution in [0.4, 0.5) is 0 Å². The summed E-state index contributed by atoms with van der Waals surface area (Å²) in [6, 6.07) is 31.4. The SMILES string of the molecule is Cc1ccc(S(=O)(=O)NC(=O)CCC(=O)NCC(=O)O)cc1.Cc1ccc(S(=O)(=O)NC(=O)CCC(=O)NCc2ccccc2)cc1.NCC(=O)O.NCc1ccccc1.O=C1CCC(=O)S1.O=C1CCC(=O)S1. The Morgan fingerprint density at radius 1 is 0.486 bits per heavy atom. The molecule has 6 rings (SSSR count).